The minimum Gasteiger partial charge on any atom is -0.406 e. The molecular weight excluding hydrogens is 241 g/mol. The van der Waals surface area contributed by atoms with E-state index in [0.717, 1.165) is 12.0 Å². The molecule has 0 unspecified atom stereocenters. The molecule has 1 rings (SSSR count). The van der Waals surface area contributed by atoms with Crippen LogP contribution in [0.1, 0.15) is 19.4 Å². The molecule has 5 heteroatoms. The zero-order chi connectivity index (χ0) is 12.3. The second-order valence-electron chi connectivity index (χ2n) is 3.90. The summed E-state index contributed by atoms with van der Waals surface area (Å²) in [5, 5.41) is 0.301. The molecular formula is C11H12ClF3O. The minimum absolute atomic E-state index is 0.287. The van der Waals surface area contributed by atoms with Crippen molar-refractivity contribution >= 4 is 11.6 Å². The highest BCUT2D eigenvalue weighted by molar-refractivity contribution is 6.31. The van der Waals surface area contributed by atoms with Crippen LogP contribution in [0.5, 0.6) is 5.75 Å². The van der Waals surface area contributed by atoms with Crippen molar-refractivity contribution in [2.75, 3.05) is 0 Å². The largest absolute Gasteiger partial charge is 0.573 e. The summed E-state index contributed by atoms with van der Waals surface area (Å²) in [6, 6.07) is 4.02. The van der Waals surface area contributed by atoms with Gasteiger partial charge in [-0.05, 0) is 30.0 Å². The van der Waals surface area contributed by atoms with Gasteiger partial charge in [0, 0.05) is 5.02 Å². The van der Waals surface area contributed by atoms with Crippen molar-refractivity contribution in [3.05, 3.63) is 28.8 Å². The van der Waals surface area contributed by atoms with E-state index in [0.29, 0.717) is 10.9 Å². The third-order valence-electron chi connectivity index (χ3n) is 1.89. The number of halogens is 4. The second kappa shape index (κ2) is 4.95. The average molecular weight is 253 g/mol. The molecule has 1 nitrogen and oxygen atoms in total. The molecule has 0 saturated heterocycles. The van der Waals surface area contributed by atoms with Gasteiger partial charge < -0.3 is 4.74 Å². The maximum atomic E-state index is 11.9. The summed E-state index contributed by atoms with van der Waals surface area (Å²) in [5.74, 6) is 0.108. The number of rotatable bonds is 3. The van der Waals surface area contributed by atoms with Crippen LogP contribution in [0.3, 0.4) is 0 Å². The van der Waals surface area contributed by atoms with Gasteiger partial charge in [0.1, 0.15) is 5.75 Å². The van der Waals surface area contributed by atoms with Gasteiger partial charge >= 0.3 is 6.36 Å². The topological polar surface area (TPSA) is 9.23 Å². The lowest BCUT2D eigenvalue weighted by molar-refractivity contribution is -0.274. The van der Waals surface area contributed by atoms with Crippen LogP contribution in [-0.4, -0.2) is 6.36 Å². The Bertz CT molecular complexity index is 361. The molecule has 0 heterocycles. The van der Waals surface area contributed by atoms with Crippen molar-refractivity contribution in [1.82, 2.24) is 0 Å². The molecule has 0 aliphatic heterocycles. The normalized spacial score (nSPS) is 11.9. The summed E-state index contributed by atoms with van der Waals surface area (Å²) >= 11 is 5.85. The highest BCUT2D eigenvalue weighted by Gasteiger charge is 2.31. The number of ether oxygens (including phenoxy) is 1. The van der Waals surface area contributed by atoms with Gasteiger partial charge in [-0.25, -0.2) is 0 Å². The lowest BCUT2D eigenvalue weighted by Gasteiger charge is -2.11. The second-order valence-corrected chi connectivity index (χ2v) is 4.31. The Morgan fingerprint density at radius 1 is 1.31 bits per heavy atom. The van der Waals surface area contributed by atoms with Crippen LogP contribution in [0.25, 0.3) is 0 Å². The van der Waals surface area contributed by atoms with Crippen LogP contribution in [0.2, 0.25) is 5.02 Å². The molecule has 0 amide bonds. The van der Waals surface area contributed by atoms with Gasteiger partial charge in [0.15, 0.2) is 0 Å². The Morgan fingerprint density at radius 3 is 2.38 bits per heavy atom. The first-order valence-corrected chi connectivity index (χ1v) is 5.20. The van der Waals surface area contributed by atoms with E-state index in [1.165, 1.54) is 12.1 Å². The van der Waals surface area contributed by atoms with Crippen LogP contribution < -0.4 is 4.74 Å². The van der Waals surface area contributed by atoms with E-state index in [2.05, 4.69) is 4.74 Å². The minimum atomic E-state index is -4.68. The molecule has 0 atom stereocenters. The number of hydrogen-bond acceptors (Lipinski definition) is 1. The van der Waals surface area contributed by atoms with Gasteiger partial charge in [-0.15, -0.1) is 13.2 Å². The number of hydrogen-bond donors (Lipinski definition) is 0. The predicted octanol–water partition coefficient (Wildman–Crippen LogP) is 4.44. The summed E-state index contributed by atoms with van der Waals surface area (Å²) in [5.41, 5.74) is 0.825. The predicted molar refractivity (Wildman–Crippen MR) is 56.7 cm³/mol. The summed E-state index contributed by atoms with van der Waals surface area (Å²) in [4.78, 5) is 0. The van der Waals surface area contributed by atoms with Gasteiger partial charge in [-0.3, -0.25) is 0 Å². The molecule has 0 aliphatic rings. The van der Waals surface area contributed by atoms with E-state index >= 15 is 0 Å². The van der Waals surface area contributed by atoms with Crippen LogP contribution >= 0.6 is 11.6 Å². The molecule has 0 N–H and O–H groups in total. The highest BCUT2D eigenvalue weighted by Crippen LogP contribution is 2.28. The van der Waals surface area contributed by atoms with Gasteiger partial charge in [-0.2, -0.15) is 0 Å². The van der Waals surface area contributed by atoms with Gasteiger partial charge in [0.2, 0.25) is 0 Å². The molecule has 0 spiro atoms. The zero-order valence-electron chi connectivity index (χ0n) is 8.94. The smallest absolute Gasteiger partial charge is 0.406 e. The third kappa shape index (κ3) is 4.31. The average Bonchev–Trinajstić information content (AvgIpc) is 2.06. The maximum absolute atomic E-state index is 11.9. The Labute approximate surface area is 97.2 Å². The summed E-state index contributed by atoms with van der Waals surface area (Å²) in [6.07, 6.45) is -3.95. The fraction of sp³-hybridized carbons (Fsp3) is 0.455. The summed E-state index contributed by atoms with van der Waals surface area (Å²) in [6.45, 7) is 4.02. The van der Waals surface area contributed by atoms with E-state index in [1.54, 1.807) is 6.07 Å². The fourth-order valence-corrected chi connectivity index (χ4v) is 1.58. The zero-order valence-corrected chi connectivity index (χ0v) is 9.69. The van der Waals surface area contributed by atoms with Crippen molar-refractivity contribution in [3.63, 3.8) is 0 Å². The van der Waals surface area contributed by atoms with E-state index < -0.39 is 6.36 Å². The maximum Gasteiger partial charge on any atom is 0.573 e. The molecule has 0 fully saturated rings. The van der Waals surface area contributed by atoms with Crippen LogP contribution in [0.4, 0.5) is 13.2 Å². The lowest BCUT2D eigenvalue weighted by atomic mass is 10.0. The molecule has 0 radical (unpaired) electrons. The SMILES string of the molecule is CC(C)Cc1ccc(OC(F)(F)F)cc1Cl. The van der Waals surface area contributed by atoms with Gasteiger partial charge in [0.25, 0.3) is 0 Å². The Hall–Kier alpha value is -0.900. The summed E-state index contributed by atoms with van der Waals surface area (Å²) < 4.78 is 39.5. The lowest BCUT2D eigenvalue weighted by Crippen LogP contribution is -2.17. The first-order valence-electron chi connectivity index (χ1n) is 4.82. The van der Waals surface area contributed by atoms with E-state index in [4.69, 9.17) is 11.6 Å². The van der Waals surface area contributed by atoms with Crippen molar-refractivity contribution in [2.24, 2.45) is 5.92 Å². The standard InChI is InChI=1S/C11H12ClF3O/c1-7(2)5-8-3-4-9(6-10(8)12)16-11(13,14)15/h3-4,6-7H,5H2,1-2H3. The fourth-order valence-electron chi connectivity index (χ4n) is 1.33. The van der Waals surface area contributed by atoms with Crippen LogP contribution in [-0.2, 0) is 6.42 Å². The van der Waals surface area contributed by atoms with Crippen LogP contribution in [0.15, 0.2) is 18.2 Å². The first-order chi connectivity index (χ1) is 7.28. The number of benzene rings is 1. The highest BCUT2D eigenvalue weighted by atomic mass is 35.5. The molecule has 0 aromatic heterocycles. The van der Waals surface area contributed by atoms with E-state index in [1.807, 2.05) is 13.8 Å². The Kier molecular flexibility index (Phi) is 4.08. The van der Waals surface area contributed by atoms with Crippen molar-refractivity contribution in [3.8, 4) is 5.75 Å². The number of alkyl halides is 3. The van der Waals surface area contributed by atoms with E-state index in [-0.39, 0.29) is 5.75 Å². The molecule has 0 bridgehead atoms. The van der Waals surface area contributed by atoms with Gasteiger partial charge in [0.05, 0.1) is 0 Å². The van der Waals surface area contributed by atoms with Gasteiger partial charge in [-0.1, -0.05) is 31.5 Å². The monoisotopic (exact) mass is 252 g/mol. The first kappa shape index (κ1) is 13.2. The molecule has 1 aromatic rings. The molecule has 0 aliphatic carbocycles. The van der Waals surface area contributed by atoms with Crippen molar-refractivity contribution in [2.45, 2.75) is 26.6 Å². The molecule has 1 aromatic carbocycles. The van der Waals surface area contributed by atoms with Crippen molar-refractivity contribution in [1.29, 1.82) is 0 Å². The summed E-state index contributed by atoms with van der Waals surface area (Å²) in [7, 11) is 0. The van der Waals surface area contributed by atoms with Crippen molar-refractivity contribution < 1.29 is 17.9 Å². The van der Waals surface area contributed by atoms with E-state index in [9.17, 15) is 13.2 Å². The molecule has 90 valence electrons. The third-order valence-corrected chi connectivity index (χ3v) is 2.24. The van der Waals surface area contributed by atoms with Crippen LogP contribution in [0, 0.1) is 5.92 Å². The molecule has 16 heavy (non-hydrogen) atoms. The molecule has 0 saturated carbocycles. The Balaban J connectivity index is 2.83. The quantitative estimate of drug-likeness (QED) is 0.773. The Morgan fingerprint density at radius 2 is 1.94 bits per heavy atom.